The zero-order valence-corrected chi connectivity index (χ0v) is 11.4. The second-order valence-electron chi connectivity index (χ2n) is 4.24. The predicted octanol–water partition coefficient (Wildman–Crippen LogP) is 0.363. The summed E-state index contributed by atoms with van der Waals surface area (Å²) in [5.74, 6) is -0.893. The van der Waals surface area contributed by atoms with Gasteiger partial charge in [-0.2, -0.15) is 0 Å². The van der Waals surface area contributed by atoms with Crippen LogP contribution in [0.2, 0.25) is 0 Å². The number of carboxylic acids is 1. The number of aliphatic hydroxyl groups is 1. The number of aliphatic carboxylic acids is 1. The number of hydrogen-bond acceptors (Lipinski definition) is 4. The second kappa shape index (κ2) is 6.65. The van der Waals surface area contributed by atoms with Crippen LogP contribution < -0.4 is 4.72 Å². The Hall–Kier alpha value is -1.44. The maximum Gasteiger partial charge on any atom is 0.303 e. The molecule has 0 saturated carbocycles. The highest BCUT2D eigenvalue weighted by Gasteiger charge is 2.16. The summed E-state index contributed by atoms with van der Waals surface area (Å²) < 4.78 is 26.0. The molecule has 1 aromatic rings. The molecule has 0 aliphatic carbocycles. The van der Waals surface area contributed by atoms with E-state index in [2.05, 4.69) is 4.72 Å². The minimum atomic E-state index is -3.65. The molecule has 19 heavy (non-hydrogen) atoms. The number of aryl methyl sites for hydroxylation is 1. The van der Waals surface area contributed by atoms with Gasteiger partial charge < -0.3 is 10.2 Å². The lowest BCUT2D eigenvalue weighted by atomic mass is 10.1. The fourth-order valence-corrected chi connectivity index (χ4v) is 2.69. The van der Waals surface area contributed by atoms with Gasteiger partial charge in [0.1, 0.15) is 0 Å². The first-order chi connectivity index (χ1) is 8.85. The van der Waals surface area contributed by atoms with Crippen LogP contribution in [0.3, 0.4) is 0 Å². The maximum absolute atomic E-state index is 11.9. The molecule has 7 heteroatoms. The molecular formula is C12H17NO5S. The Kier molecular flexibility index (Phi) is 5.46. The van der Waals surface area contributed by atoms with Crippen molar-refractivity contribution in [2.75, 3.05) is 6.61 Å². The summed E-state index contributed by atoms with van der Waals surface area (Å²) >= 11 is 0. The summed E-state index contributed by atoms with van der Waals surface area (Å²) in [6.45, 7) is 1.27. The lowest BCUT2D eigenvalue weighted by Crippen LogP contribution is -2.34. The maximum atomic E-state index is 11.9. The van der Waals surface area contributed by atoms with Crippen LogP contribution in [0.1, 0.15) is 18.9 Å². The zero-order valence-electron chi connectivity index (χ0n) is 10.5. The molecule has 1 unspecified atom stereocenters. The minimum Gasteiger partial charge on any atom is -0.481 e. The van der Waals surface area contributed by atoms with Crippen molar-refractivity contribution in [1.82, 2.24) is 4.72 Å². The molecule has 3 N–H and O–H groups in total. The van der Waals surface area contributed by atoms with E-state index in [-0.39, 0.29) is 17.9 Å². The van der Waals surface area contributed by atoms with E-state index in [1.54, 1.807) is 19.1 Å². The van der Waals surface area contributed by atoms with E-state index < -0.39 is 22.0 Å². The van der Waals surface area contributed by atoms with Crippen molar-refractivity contribution in [3.05, 3.63) is 29.8 Å². The van der Waals surface area contributed by atoms with Crippen molar-refractivity contribution < 1.29 is 23.4 Å². The highest BCUT2D eigenvalue weighted by atomic mass is 32.2. The Bertz CT molecular complexity index is 524. The molecule has 0 spiro atoms. The highest BCUT2D eigenvalue weighted by molar-refractivity contribution is 7.89. The molecule has 1 rings (SSSR count). The van der Waals surface area contributed by atoms with E-state index in [0.717, 1.165) is 5.56 Å². The first kappa shape index (κ1) is 15.6. The summed E-state index contributed by atoms with van der Waals surface area (Å²) in [6, 6.07) is 5.45. The van der Waals surface area contributed by atoms with Gasteiger partial charge in [-0.25, -0.2) is 13.1 Å². The van der Waals surface area contributed by atoms with Gasteiger partial charge in [0.05, 0.1) is 11.5 Å². The molecule has 1 atom stereocenters. The van der Waals surface area contributed by atoms with Crippen LogP contribution in [0.15, 0.2) is 29.2 Å². The fourth-order valence-electron chi connectivity index (χ4n) is 1.46. The fraction of sp³-hybridized carbons (Fsp3) is 0.417. The third-order valence-corrected chi connectivity index (χ3v) is 4.10. The Labute approximate surface area is 112 Å². The van der Waals surface area contributed by atoms with Crippen LogP contribution in [0.4, 0.5) is 0 Å². The van der Waals surface area contributed by atoms with Gasteiger partial charge >= 0.3 is 5.97 Å². The van der Waals surface area contributed by atoms with Gasteiger partial charge in [0.25, 0.3) is 0 Å². The summed E-state index contributed by atoms with van der Waals surface area (Å²) in [4.78, 5) is 10.5. The normalized spacial score (nSPS) is 13.2. The van der Waals surface area contributed by atoms with Gasteiger partial charge in [-0.1, -0.05) is 12.1 Å². The number of rotatable bonds is 7. The third kappa shape index (κ3) is 4.98. The Balaban J connectivity index is 2.77. The SMILES string of the molecule is CC(CO)NS(=O)(=O)c1ccc(CCC(=O)O)cc1. The van der Waals surface area contributed by atoms with Crippen LogP contribution in [0.25, 0.3) is 0 Å². The second-order valence-corrected chi connectivity index (χ2v) is 5.96. The standard InChI is InChI=1S/C12H17NO5S/c1-9(8-14)13-19(17,18)11-5-2-10(3-6-11)4-7-12(15)16/h2-3,5-6,9,13-14H,4,7-8H2,1H3,(H,15,16). The number of sulfonamides is 1. The highest BCUT2D eigenvalue weighted by Crippen LogP contribution is 2.12. The molecule has 0 aliphatic heterocycles. The lowest BCUT2D eigenvalue weighted by molar-refractivity contribution is -0.136. The number of carboxylic acid groups (broad SMARTS) is 1. The van der Waals surface area contributed by atoms with E-state index in [0.29, 0.717) is 6.42 Å². The van der Waals surface area contributed by atoms with Crippen LogP contribution in [0, 0.1) is 0 Å². The van der Waals surface area contributed by atoms with Crippen LogP contribution >= 0.6 is 0 Å². The number of hydrogen-bond donors (Lipinski definition) is 3. The number of carbonyl (C=O) groups is 1. The molecule has 0 aromatic heterocycles. The molecule has 0 saturated heterocycles. The average molecular weight is 287 g/mol. The smallest absolute Gasteiger partial charge is 0.303 e. The molecule has 106 valence electrons. The number of nitrogens with one attached hydrogen (secondary N) is 1. The van der Waals surface area contributed by atoms with E-state index in [9.17, 15) is 13.2 Å². The van der Waals surface area contributed by atoms with Crippen LogP contribution in [0.5, 0.6) is 0 Å². The molecule has 0 heterocycles. The Morgan fingerprint density at radius 2 is 1.89 bits per heavy atom. The van der Waals surface area contributed by atoms with E-state index >= 15 is 0 Å². The summed E-state index contributed by atoms with van der Waals surface area (Å²) in [5, 5.41) is 17.4. The largest absolute Gasteiger partial charge is 0.481 e. The van der Waals surface area contributed by atoms with Gasteiger partial charge in [0.15, 0.2) is 0 Å². The third-order valence-electron chi connectivity index (χ3n) is 2.49. The quantitative estimate of drug-likeness (QED) is 0.672. The Morgan fingerprint density at radius 3 is 2.37 bits per heavy atom. The molecule has 1 aromatic carbocycles. The van der Waals surface area contributed by atoms with Gasteiger partial charge in [-0.15, -0.1) is 0 Å². The van der Waals surface area contributed by atoms with Gasteiger partial charge in [-0.05, 0) is 31.0 Å². The molecule has 0 bridgehead atoms. The van der Waals surface area contributed by atoms with E-state index in [4.69, 9.17) is 10.2 Å². The van der Waals surface area contributed by atoms with E-state index in [1.165, 1.54) is 12.1 Å². The average Bonchev–Trinajstić information content (AvgIpc) is 2.36. The summed E-state index contributed by atoms with van der Waals surface area (Å²) in [6.07, 6.45) is 0.363. The van der Waals surface area contributed by atoms with Crippen molar-refractivity contribution in [2.45, 2.75) is 30.7 Å². The van der Waals surface area contributed by atoms with Crippen LogP contribution in [-0.2, 0) is 21.2 Å². The predicted molar refractivity (Wildman–Crippen MR) is 69.3 cm³/mol. The van der Waals surface area contributed by atoms with E-state index in [1.807, 2.05) is 0 Å². The number of benzene rings is 1. The minimum absolute atomic E-state index is 0.00585. The monoisotopic (exact) mass is 287 g/mol. The zero-order chi connectivity index (χ0) is 14.5. The van der Waals surface area contributed by atoms with Crippen molar-refractivity contribution in [3.63, 3.8) is 0 Å². The van der Waals surface area contributed by atoms with Crippen molar-refractivity contribution in [2.24, 2.45) is 0 Å². The number of aliphatic hydroxyl groups excluding tert-OH is 1. The lowest BCUT2D eigenvalue weighted by Gasteiger charge is -2.11. The van der Waals surface area contributed by atoms with Crippen molar-refractivity contribution in [1.29, 1.82) is 0 Å². The van der Waals surface area contributed by atoms with Crippen molar-refractivity contribution in [3.8, 4) is 0 Å². The van der Waals surface area contributed by atoms with Crippen molar-refractivity contribution >= 4 is 16.0 Å². The van der Waals surface area contributed by atoms with Gasteiger partial charge in [0, 0.05) is 12.5 Å². The molecule has 0 aliphatic rings. The molecule has 0 radical (unpaired) electrons. The van der Waals surface area contributed by atoms with Gasteiger partial charge in [0.2, 0.25) is 10.0 Å². The molecular weight excluding hydrogens is 270 g/mol. The first-order valence-corrected chi connectivity index (χ1v) is 7.27. The van der Waals surface area contributed by atoms with Crippen LogP contribution in [-0.4, -0.2) is 37.2 Å². The topological polar surface area (TPSA) is 104 Å². The summed E-state index contributed by atoms with van der Waals surface area (Å²) in [7, 11) is -3.65. The van der Waals surface area contributed by atoms with Gasteiger partial charge in [-0.3, -0.25) is 4.79 Å². The Morgan fingerprint density at radius 1 is 1.32 bits per heavy atom. The summed E-state index contributed by atoms with van der Waals surface area (Å²) in [5.41, 5.74) is 0.761. The molecule has 0 amide bonds. The molecule has 6 nitrogen and oxygen atoms in total. The first-order valence-electron chi connectivity index (χ1n) is 5.79. The molecule has 0 fully saturated rings.